The Kier molecular flexibility index (Phi) is 4.21. The van der Waals surface area contributed by atoms with Crippen LogP contribution in [-0.2, 0) is 0 Å². The number of carboxylic acid groups (broad SMARTS) is 1. The fraction of sp³-hybridized carbons (Fsp3) is 0. The first-order valence-electron chi connectivity index (χ1n) is 5.28. The van der Waals surface area contributed by atoms with Gasteiger partial charge < -0.3 is 5.11 Å². The molecule has 1 heterocycles. The van der Waals surface area contributed by atoms with Gasteiger partial charge in [0.25, 0.3) is 0 Å². The minimum Gasteiger partial charge on any atom is -0.477 e. The number of hydrogen-bond acceptors (Lipinski definition) is 5. The van der Waals surface area contributed by atoms with Crippen molar-refractivity contribution in [2.24, 2.45) is 0 Å². The van der Waals surface area contributed by atoms with E-state index >= 15 is 0 Å². The van der Waals surface area contributed by atoms with Gasteiger partial charge in [0.15, 0.2) is 0 Å². The van der Waals surface area contributed by atoms with E-state index in [0.29, 0.717) is 10.0 Å². The number of pyridine rings is 1. The van der Waals surface area contributed by atoms with Crippen LogP contribution in [0.1, 0.15) is 10.4 Å². The van der Waals surface area contributed by atoms with E-state index in [0.717, 1.165) is 11.1 Å². The lowest BCUT2D eigenvalue weighted by atomic mass is 10.2. The molecule has 0 fully saturated rings. The monoisotopic (exact) mass is 310 g/mol. The lowest BCUT2D eigenvalue weighted by molar-refractivity contribution is -0.385. The van der Waals surface area contributed by atoms with Crippen LogP contribution in [0.15, 0.2) is 46.5 Å². The summed E-state index contributed by atoms with van der Waals surface area (Å²) in [6, 6.07) is 8.05. The highest BCUT2D eigenvalue weighted by Crippen LogP contribution is 2.29. The first kappa shape index (κ1) is 14.3. The highest BCUT2D eigenvalue weighted by Gasteiger charge is 2.21. The van der Waals surface area contributed by atoms with Crippen molar-refractivity contribution < 1.29 is 14.8 Å². The van der Waals surface area contributed by atoms with E-state index < -0.39 is 16.6 Å². The molecule has 2 rings (SSSR count). The third-order valence-electron chi connectivity index (χ3n) is 2.32. The number of benzene rings is 1. The molecule has 1 aromatic heterocycles. The van der Waals surface area contributed by atoms with E-state index in [-0.39, 0.29) is 5.56 Å². The quantitative estimate of drug-likeness (QED) is 0.686. The highest BCUT2D eigenvalue weighted by molar-refractivity contribution is 7.99. The predicted molar refractivity (Wildman–Crippen MR) is 73.4 cm³/mol. The van der Waals surface area contributed by atoms with Crippen molar-refractivity contribution in [1.29, 1.82) is 0 Å². The maximum Gasteiger partial charge on any atom is 0.342 e. The number of nitro groups is 1. The van der Waals surface area contributed by atoms with Crippen LogP contribution in [0.5, 0.6) is 0 Å². The molecule has 0 aliphatic rings. The van der Waals surface area contributed by atoms with E-state index in [1.165, 1.54) is 17.8 Å². The van der Waals surface area contributed by atoms with Crippen LogP contribution in [0, 0.1) is 10.1 Å². The van der Waals surface area contributed by atoms with Crippen LogP contribution in [0.25, 0.3) is 0 Å². The molecule has 1 aromatic carbocycles. The van der Waals surface area contributed by atoms with E-state index in [2.05, 4.69) is 4.98 Å². The Morgan fingerprint density at radius 2 is 2.00 bits per heavy atom. The van der Waals surface area contributed by atoms with E-state index in [1.54, 1.807) is 24.3 Å². The Morgan fingerprint density at radius 1 is 1.35 bits per heavy atom. The average molecular weight is 311 g/mol. The zero-order valence-corrected chi connectivity index (χ0v) is 11.4. The molecule has 8 heteroatoms. The van der Waals surface area contributed by atoms with Crippen molar-refractivity contribution in [3.8, 4) is 0 Å². The SMILES string of the molecule is O=C(O)c1cc(Sc2ccc(Cl)cc2)ncc1[N+](=O)[O-]. The molecule has 20 heavy (non-hydrogen) atoms. The molecule has 102 valence electrons. The van der Waals surface area contributed by atoms with Crippen molar-refractivity contribution in [2.45, 2.75) is 9.92 Å². The van der Waals surface area contributed by atoms with Gasteiger partial charge in [0.1, 0.15) is 16.8 Å². The van der Waals surface area contributed by atoms with Gasteiger partial charge in [0.05, 0.1) is 4.92 Å². The van der Waals surface area contributed by atoms with Crippen LogP contribution < -0.4 is 0 Å². The first-order chi connectivity index (χ1) is 9.47. The minimum atomic E-state index is -1.36. The number of halogens is 1. The van der Waals surface area contributed by atoms with Crippen LogP contribution in [0.4, 0.5) is 5.69 Å². The Hall–Kier alpha value is -2.12. The maximum absolute atomic E-state index is 11.0. The third kappa shape index (κ3) is 3.25. The molecular formula is C12H7ClN2O4S. The summed E-state index contributed by atoms with van der Waals surface area (Å²) in [6.07, 6.45) is 0.946. The maximum atomic E-state index is 11.0. The van der Waals surface area contributed by atoms with Crippen LogP contribution in [0.2, 0.25) is 5.02 Å². The normalized spacial score (nSPS) is 10.2. The number of aromatic carboxylic acids is 1. The third-order valence-corrected chi connectivity index (χ3v) is 3.51. The fourth-order valence-electron chi connectivity index (χ4n) is 1.42. The molecule has 0 spiro atoms. The molecule has 0 aliphatic carbocycles. The molecule has 0 bridgehead atoms. The Bertz CT molecular complexity index is 676. The van der Waals surface area contributed by atoms with Crippen LogP contribution in [-0.4, -0.2) is 21.0 Å². The van der Waals surface area contributed by atoms with Gasteiger partial charge in [-0.05, 0) is 30.3 Å². The molecule has 0 unspecified atom stereocenters. The van der Waals surface area contributed by atoms with Gasteiger partial charge in [-0.15, -0.1) is 0 Å². The second-order valence-corrected chi connectivity index (χ2v) is 5.19. The number of hydrogen-bond donors (Lipinski definition) is 1. The molecule has 6 nitrogen and oxygen atoms in total. The summed E-state index contributed by atoms with van der Waals surface area (Å²) < 4.78 is 0. The average Bonchev–Trinajstić information content (AvgIpc) is 2.41. The first-order valence-corrected chi connectivity index (χ1v) is 6.48. The second kappa shape index (κ2) is 5.89. The summed E-state index contributed by atoms with van der Waals surface area (Å²) in [4.78, 5) is 25.6. The van der Waals surface area contributed by atoms with E-state index in [9.17, 15) is 14.9 Å². The minimum absolute atomic E-state index is 0.357. The molecule has 0 saturated carbocycles. The number of carboxylic acids is 1. The standard InChI is InChI=1S/C12H7ClN2O4S/c13-7-1-3-8(4-2-7)20-11-5-9(12(16)17)10(6-14-11)15(18)19/h1-6H,(H,16,17). The van der Waals surface area contributed by atoms with Crippen molar-refractivity contribution in [1.82, 2.24) is 4.98 Å². The smallest absolute Gasteiger partial charge is 0.342 e. The summed E-state index contributed by atoms with van der Waals surface area (Å²) in [7, 11) is 0. The highest BCUT2D eigenvalue weighted by atomic mass is 35.5. The molecule has 2 aromatic rings. The van der Waals surface area contributed by atoms with Gasteiger partial charge in [0, 0.05) is 9.92 Å². The van der Waals surface area contributed by atoms with Gasteiger partial charge in [-0.1, -0.05) is 23.4 Å². The Labute approximate surface area is 122 Å². The molecule has 0 radical (unpaired) electrons. The van der Waals surface area contributed by atoms with Gasteiger partial charge in [-0.25, -0.2) is 9.78 Å². The van der Waals surface area contributed by atoms with Crippen molar-refractivity contribution in [3.63, 3.8) is 0 Å². The van der Waals surface area contributed by atoms with Crippen LogP contribution >= 0.6 is 23.4 Å². The molecule has 0 aliphatic heterocycles. The Balaban J connectivity index is 2.34. The van der Waals surface area contributed by atoms with Crippen LogP contribution in [0.3, 0.4) is 0 Å². The summed E-state index contributed by atoms with van der Waals surface area (Å²) in [6.45, 7) is 0. The van der Waals surface area contributed by atoms with Gasteiger partial charge in [-0.2, -0.15) is 0 Å². The molecule has 0 saturated heterocycles. The number of nitrogens with zero attached hydrogens (tertiary/aromatic N) is 2. The molecule has 1 N–H and O–H groups in total. The summed E-state index contributed by atoms with van der Waals surface area (Å²) >= 11 is 6.95. The van der Waals surface area contributed by atoms with Crippen molar-refractivity contribution in [2.75, 3.05) is 0 Å². The largest absolute Gasteiger partial charge is 0.477 e. The summed E-state index contributed by atoms with van der Waals surface area (Å²) in [5.74, 6) is -1.36. The van der Waals surface area contributed by atoms with Gasteiger partial charge in [-0.3, -0.25) is 10.1 Å². The van der Waals surface area contributed by atoms with Crippen molar-refractivity contribution in [3.05, 3.63) is 57.2 Å². The summed E-state index contributed by atoms with van der Waals surface area (Å²) in [5, 5.41) is 20.6. The second-order valence-electron chi connectivity index (χ2n) is 3.66. The van der Waals surface area contributed by atoms with Gasteiger partial charge in [0.2, 0.25) is 0 Å². The zero-order valence-electron chi connectivity index (χ0n) is 9.82. The van der Waals surface area contributed by atoms with E-state index in [4.69, 9.17) is 16.7 Å². The zero-order chi connectivity index (χ0) is 14.7. The molecule has 0 amide bonds. The number of aromatic nitrogens is 1. The summed E-state index contributed by atoms with van der Waals surface area (Å²) in [5.41, 5.74) is -0.917. The fourth-order valence-corrected chi connectivity index (χ4v) is 2.35. The lowest BCUT2D eigenvalue weighted by Crippen LogP contribution is -2.03. The number of carbonyl (C=O) groups is 1. The predicted octanol–water partition coefficient (Wildman–Crippen LogP) is 3.49. The topological polar surface area (TPSA) is 93.3 Å². The van der Waals surface area contributed by atoms with Crippen molar-refractivity contribution >= 4 is 35.0 Å². The molecular weight excluding hydrogens is 304 g/mol. The lowest BCUT2D eigenvalue weighted by Gasteiger charge is -2.03. The Morgan fingerprint density at radius 3 is 2.55 bits per heavy atom. The van der Waals surface area contributed by atoms with E-state index in [1.807, 2.05) is 0 Å². The van der Waals surface area contributed by atoms with Gasteiger partial charge >= 0.3 is 11.7 Å². The molecule has 0 atom stereocenters. The number of rotatable bonds is 4.